The topological polar surface area (TPSA) is 59.4 Å². The van der Waals surface area contributed by atoms with Crippen LogP contribution in [0.3, 0.4) is 0 Å². The smallest absolute Gasteiger partial charge is 0.155 e. The zero-order valence-corrected chi connectivity index (χ0v) is 17.1. The summed E-state index contributed by atoms with van der Waals surface area (Å²) in [7, 11) is 0. The monoisotopic (exact) mass is 543 g/mol. The minimum atomic E-state index is -0.691. The summed E-state index contributed by atoms with van der Waals surface area (Å²) in [6.07, 6.45) is 2.70. The second kappa shape index (κ2) is 11.5. The maximum absolute atomic E-state index is 13.6. The molecule has 0 unspecified atom stereocenters. The average molecular weight is 543 g/mol. The summed E-state index contributed by atoms with van der Waals surface area (Å²) in [5, 5.41) is 8.36. The van der Waals surface area contributed by atoms with Crippen molar-refractivity contribution in [3.8, 4) is 17.0 Å². The number of nitrogens with zero attached hydrogens (tertiary/aromatic N) is 1. The van der Waals surface area contributed by atoms with Crippen molar-refractivity contribution in [1.82, 2.24) is 4.98 Å². The van der Waals surface area contributed by atoms with Crippen LogP contribution in [0.2, 0.25) is 0 Å². The summed E-state index contributed by atoms with van der Waals surface area (Å²) in [6.45, 7) is 6.64. The molecule has 0 fully saturated rings. The molecule has 4 nitrogen and oxygen atoms in total. The van der Waals surface area contributed by atoms with Gasteiger partial charge in [-0.05, 0) is 45.5 Å². The molecule has 0 radical (unpaired) electrons. The zero-order chi connectivity index (χ0) is 19.0. The summed E-state index contributed by atoms with van der Waals surface area (Å²) in [6, 6.07) is 7.71. The van der Waals surface area contributed by atoms with Gasteiger partial charge in [0.25, 0.3) is 0 Å². The first-order chi connectivity index (χ1) is 11.7. The molecule has 0 saturated heterocycles. The van der Waals surface area contributed by atoms with Crippen LogP contribution in [0.4, 0.5) is 8.78 Å². The Hall–Kier alpha value is -2.07. The van der Waals surface area contributed by atoms with Crippen molar-refractivity contribution in [2.45, 2.75) is 33.8 Å². The molecule has 1 aromatic heterocycles. The van der Waals surface area contributed by atoms with E-state index < -0.39 is 11.6 Å². The maximum atomic E-state index is 13.6. The Balaban J connectivity index is 0.000000673. The van der Waals surface area contributed by atoms with Gasteiger partial charge in [-0.2, -0.15) is 0 Å². The molecule has 0 saturated carbocycles. The first-order valence-electron chi connectivity index (χ1n) is 7.56. The molecule has 26 heavy (non-hydrogen) atoms. The first-order valence-corrected chi connectivity index (χ1v) is 7.56. The van der Waals surface area contributed by atoms with Crippen molar-refractivity contribution in [3.05, 3.63) is 60.0 Å². The van der Waals surface area contributed by atoms with Gasteiger partial charge >= 0.3 is 0 Å². The van der Waals surface area contributed by atoms with Gasteiger partial charge in [-0.15, -0.1) is 12.1 Å². The summed E-state index contributed by atoms with van der Waals surface area (Å²) in [4.78, 5) is 14.1. The standard InChI is InChI=1S/C14H12F2NO.C5H8O2.Pt/c1-9(2)18-11-5-6-17-14(8-11)12-4-3-10(15)7-13(12)16;1-4(6)3-5(2)7;/h3,5-9H,1-2H3;3,6H,1-2H3;/q-1;;/b;4-3-;. The minimum Gasteiger partial charge on any atom is -0.512 e. The van der Waals surface area contributed by atoms with E-state index in [1.807, 2.05) is 13.8 Å². The number of pyridine rings is 1. The fourth-order valence-electron chi connectivity index (χ4n) is 1.83. The summed E-state index contributed by atoms with van der Waals surface area (Å²) >= 11 is 0. The number of rotatable bonds is 4. The van der Waals surface area contributed by atoms with Crippen LogP contribution in [0, 0.1) is 17.7 Å². The second-order valence-electron chi connectivity index (χ2n) is 5.48. The van der Waals surface area contributed by atoms with E-state index in [1.54, 1.807) is 12.1 Å². The predicted octanol–water partition coefficient (Wildman–Crippen LogP) is 4.65. The van der Waals surface area contributed by atoms with Crippen molar-refractivity contribution >= 4 is 5.78 Å². The molecular weight excluding hydrogens is 523 g/mol. The van der Waals surface area contributed by atoms with Crippen molar-refractivity contribution in [2.24, 2.45) is 0 Å². The normalized spacial score (nSPS) is 10.5. The number of benzene rings is 1. The number of aliphatic hydroxyl groups is 1. The molecule has 0 aliphatic rings. The molecule has 1 N–H and O–H groups in total. The molecule has 0 bridgehead atoms. The van der Waals surface area contributed by atoms with Crippen LogP contribution in [0.15, 0.2) is 42.3 Å². The van der Waals surface area contributed by atoms with Crippen LogP contribution in [0.1, 0.15) is 27.7 Å². The second-order valence-corrected chi connectivity index (χ2v) is 5.48. The third-order valence-corrected chi connectivity index (χ3v) is 2.63. The van der Waals surface area contributed by atoms with Gasteiger partial charge in [0.2, 0.25) is 0 Å². The SMILES string of the molecule is CC(=O)/C=C(/C)O.CC(C)Oc1ccnc(-c2[c-]cc(F)cc2F)c1.[Pt]. The fraction of sp³-hybridized carbons (Fsp3) is 0.263. The van der Waals surface area contributed by atoms with Crippen LogP contribution in [0.5, 0.6) is 5.75 Å². The molecule has 2 rings (SSSR count). The van der Waals surface area contributed by atoms with Crippen molar-refractivity contribution in [1.29, 1.82) is 0 Å². The molecule has 0 aliphatic heterocycles. The van der Waals surface area contributed by atoms with Gasteiger partial charge in [-0.3, -0.25) is 13.6 Å². The third kappa shape index (κ3) is 8.86. The Kier molecular flexibility index (Phi) is 10.6. The molecule has 0 aliphatic carbocycles. The van der Waals surface area contributed by atoms with Gasteiger partial charge < -0.3 is 14.8 Å². The number of carbonyl (C=O) groups is 1. The van der Waals surface area contributed by atoms with E-state index in [0.29, 0.717) is 11.4 Å². The van der Waals surface area contributed by atoms with E-state index in [-0.39, 0.29) is 44.3 Å². The van der Waals surface area contributed by atoms with Crippen molar-refractivity contribution in [2.75, 3.05) is 0 Å². The number of carbonyl (C=O) groups excluding carboxylic acids is 1. The predicted molar refractivity (Wildman–Crippen MR) is 91.3 cm³/mol. The van der Waals surface area contributed by atoms with Gasteiger partial charge in [-0.1, -0.05) is 11.6 Å². The molecule has 0 atom stereocenters. The Morgan fingerprint density at radius 3 is 2.42 bits per heavy atom. The number of hydrogen-bond acceptors (Lipinski definition) is 4. The average Bonchev–Trinajstić information content (AvgIpc) is 2.45. The van der Waals surface area contributed by atoms with Gasteiger partial charge in [0.1, 0.15) is 5.75 Å². The van der Waals surface area contributed by atoms with E-state index in [4.69, 9.17) is 9.84 Å². The van der Waals surface area contributed by atoms with E-state index in [2.05, 4.69) is 11.1 Å². The minimum absolute atomic E-state index is 0. The molecule has 0 amide bonds. The van der Waals surface area contributed by atoms with Crippen molar-refractivity contribution < 1.29 is 44.5 Å². The molecular formula is C19H20F2NO3Pt-. The molecule has 144 valence electrons. The van der Waals surface area contributed by atoms with E-state index in [0.717, 1.165) is 12.1 Å². The van der Waals surface area contributed by atoms with Crippen LogP contribution < -0.4 is 4.74 Å². The molecule has 2 aromatic rings. The number of halogens is 2. The zero-order valence-electron chi connectivity index (χ0n) is 14.8. The number of ketones is 1. The van der Waals surface area contributed by atoms with Gasteiger partial charge in [0.05, 0.1) is 11.9 Å². The number of ether oxygens (including phenoxy) is 1. The van der Waals surface area contributed by atoms with Gasteiger partial charge in [-0.25, -0.2) is 0 Å². The van der Waals surface area contributed by atoms with E-state index in [9.17, 15) is 13.6 Å². The molecule has 1 aromatic carbocycles. The first kappa shape index (κ1) is 23.9. The fourth-order valence-corrected chi connectivity index (χ4v) is 1.83. The Morgan fingerprint density at radius 2 is 1.96 bits per heavy atom. The summed E-state index contributed by atoms with van der Waals surface area (Å²) in [5.74, 6) is -0.824. The Bertz CT molecular complexity index is 760. The number of hydrogen-bond donors (Lipinski definition) is 1. The van der Waals surface area contributed by atoms with Gasteiger partial charge in [0, 0.05) is 45.0 Å². The van der Waals surface area contributed by atoms with Crippen LogP contribution in [0.25, 0.3) is 11.3 Å². The third-order valence-electron chi connectivity index (χ3n) is 2.63. The molecule has 7 heteroatoms. The van der Waals surface area contributed by atoms with Crippen LogP contribution >= 0.6 is 0 Å². The van der Waals surface area contributed by atoms with Crippen LogP contribution in [-0.2, 0) is 25.9 Å². The molecule has 0 spiro atoms. The Morgan fingerprint density at radius 1 is 1.31 bits per heavy atom. The van der Waals surface area contributed by atoms with Crippen LogP contribution in [-0.4, -0.2) is 22.0 Å². The largest absolute Gasteiger partial charge is 0.512 e. The quantitative estimate of drug-likeness (QED) is 0.347. The number of aromatic nitrogens is 1. The van der Waals surface area contributed by atoms with E-state index >= 15 is 0 Å². The van der Waals surface area contributed by atoms with E-state index in [1.165, 1.54) is 26.1 Å². The summed E-state index contributed by atoms with van der Waals surface area (Å²) < 4.78 is 31.9. The number of allylic oxidation sites excluding steroid dienone is 2. The van der Waals surface area contributed by atoms with Gasteiger partial charge in [0.15, 0.2) is 5.78 Å². The molecule has 1 heterocycles. The maximum Gasteiger partial charge on any atom is 0.155 e. The van der Waals surface area contributed by atoms with Crippen molar-refractivity contribution in [3.63, 3.8) is 0 Å². The number of aliphatic hydroxyl groups excluding tert-OH is 1. The summed E-state index contributed by atoms with van der Waals surface area (Å²) in [5.41, 5.74) is 0.497. The Labute approximate surface area is 166 Å².